The minimum atomic E-state index is -0.646. The first-order chi connectivity index (χ1) is 6.57. The Morgan fingerprint density at radius 2 is 2.21 bits per heavy atom. The Balaban J connectivity index is 3.43. The molecule has 0 heterocycles. The van der Waals surface area contributed by atoms with Gasteiger partial charge >= 0.3 is 5.69 Å². The van der Waals surface area contributed by atoms with Crippen molar-refractivity contribution in [1.29, 1.82) is 0 Å². The van der Waals surface area contributed by atoms with Gasteiger partial charge in [-0.2, -0.15) is 0 Å². The number of benzene rings is 1. The van der Waals surface area contributed by atoms with Crippen molar-refractivity contribution in [2.24, 2.45) is 0 Å². The van der Waals surface area contributed by atoms with Crippen LogP contribution in [0.25, 0.3) is 0 Å². The number of ether oxygens (including phenoxy) is 1. The van der Waals surface area contributed by atoms with Gasteiger partial charge in [0.1, 0.15) is 5.56 Å². The average Bonchev–Trinajstić information content (AvgIpc) is 2.16. The fraction of sp³-hybridized carbons (Fsp3) is 0.125. The van der Waals surface area contributed by atoms with Gasteiger partial charge < -0.3 is 4.74 Å². The second-order valence-electron chi connectivity index (χ2n) is 2.39. The van der Waals surface area contributed by atoms with E-state index in [4.69, 9.17) is 4.74 Å². The number of hydrogen-bond acceptors (Lipinski definition) is 4. The molecule has 0 unspecified atom stereocenters. The van der Waals surface area contributed by atoms with E-state index < -0.39 is 9.62 Å². The Labute approximate surface area is 88.0 Å². The molecule has 1 aromatic carbocycles. The molecule has 0 radical (unpaired) electrons. The fourth-order valence-corrected chi connectivity index (χ4v) is 1.35. The number of nitro benzene ring substituents is 1. The third-order valence-corrected chi connectivity index (χ3v) is 2.04. The molecule has 0 aromatic heterocycles. The Morgan fingerprint density at radius 3 is 2.64 bits per heavy atom. The van der Waals surface area contributed by atoms with Crippen molar-refractivity contribution in [3.8, 4) is 5.75 Å². The van der Waals surface area contributed by atoms with Crippen LogP contribution in [0.2, 0.25) is 0 Å². The summed E-state index contributed by atoms with van der Waals surface area (Å²) in [5, 5.41) is 10.7. The van der Waals surface area contributed by atoms with E-state index in [0.717, 1.165) is 0 Å². The van der Waals surface area contributed by atoms with Gasteiger partial charge in [0.25, 0.3) is 0 Å². The summed E-state index contributed by atoms with van der Waals surface area (Å²) < 4.78 is 4.24. The van der Waals surface area contributed by atoms with Crippen LogP contribution in [0, 0.1) is 10.1 Å². The summed E-state index contributed by atoms with van der Waals surface area (Å²) in [5.74, 6) is 0.0697. The maximum absolute atomic E-state index is 11.0. The number of methoxy groups -OCH3 is 1. The van der Waals surface area contributed by atoms with Gasteiger partial charge in [-0.15, -0.1) is 0 Å². The molecule has 5 nitrogen and oxygen atoms in total. The van der Waals surface area contributed by atoms with Gasteiger partial charge in [-0.1, -0.05) is 6.07 Å². The van der Waals surface area contributed by atoms with E-state index in [2.05, 4.69) is 15.9 Å². The van der Waals surface area contributed by atoms with Gasteiger partial charge in [-0.25, -0.2) is 0 Å². The SMILES string of the molecule is COc1cccc(C(=O)Br)c1[N+](=O)[O-]. The number of hydrogen-bond donors (Lipinski definition) is 0. The second kappa shape index (κ2) is 4.19. The largest absolute Gasteiger partial charge is 0.490 e. The average molecular weight is 260 g/mol. The Morgan fingerprint density at radius 1 is 1.57 bits per heavy atom. The quantitative estimate of drug-likeness (QED) is 0.474. The van der Waals surface area contributed by atoms with Crippen LogP contribution in [-0.4, -0.2) is 16.7 Å². The third-order valence-electron chi connectivity index (χ3n) is 1.61. The van der Waals surface area contributed by atoms with Crippen LogP contribution in [-0.2, 0) is 0 Å². The Hall–Kier alpha value is -1.43. The van der Waals surface area contributed by atoms with E-state index >= 15 is 0 Å². The van der Waals surface area contributed by atoms with Gasteiger partial charge in [0.2, 0.25) is 4.69 Å². The number of para-hydroxylation sites is 1. The van der Waals surface area contributed by atoms with Crippen molar-refractivity contribution in [1.82, 2.24) is 0 Å². The molecular formula is C8H6BrNO4. The monoisotopic (exact) mass is 259 g/mol. The molecule has 0 saturated heterocycles. The van der Waals surface area contributed by atoms with Crippen LogP contribution < -0.4 is 4.74 Å². The van der Waals surface area contributed by atoms with E-state index in [1.54, 1.807) is 0 Å². The molecule has 14 heavy (non-hydrogen) atoms. The lowest BCUT2D eigenvalue weighted by molar-refractivity contribution is -0.386. The molecule has 74 valence electrons. The number of nitrogens with zero attached hydrogens (tertiary/aromatic N) is 1. The summed E-state index contributed by atoms with van der Waals surface area (Å²) in [5.41, 5.74) is -0.341. The number of rotatable bonds is 3. The molecule has 6 heteroatoms. The highest BCUT2D eigenvalue weighted by atomic mass is 79.9. The molecular weight excluding hydrogens is 254 g/mol. The molecule has 0 atom stereocenters. The number of nitro groups is 1. The van der Waals surface area contributed by atoms with E-state index in [0.29, 0.717) is 0 Å². The first-order valence-electron chi connectivity index (χ1n) is 3.59. The Bertz CT molecular complexity index is 391. The van der Waals surface area contributed by atoms with Crippen LogP contribution in [0.4, 0.5) is 5.69 Å². The Kier molecular flexibility index (Phi) is 3.19. The lowest BCUT2D eigenvalue weighted by Gasteiger charge is -2.03. The molecule has 0 N–H and O–H groups in total. The highest BCUT2D eigenvalue weighted by Gasteiger charge is 2.23. The highest BCUT2D eigenvalue weighted by Crippen LogP contribution is 2.31. The third kappa shape index (κ3) is 1.90. The number of halogens is 1. The number of carbonyl (C=O) groups is 1. The molecule has 0 bridgehead atoms. The van der Waals surface area contributed by atoms with E-state index in [9.17, 15) is 14.9 Å². The zero-order valence-electron chi connectivity index (χ0n) is 7.19. The van der Waals surface area contributed by atoms with Crippen LogP contribution >= 0.6 is 15.9 Å². The molecule has 0 amide bonds. The topological polar surface area (TPSA) is 69.4 Å². The molecule has 1 aromatic rings. The maximum atomic E-state index is 11.0. The van der Waals surface area contributed by atoms with Gasteiger partial charge in [0.05, 0.1) is 12.0 Å². The molecule has 0 aliphatic heterocycles. The van der Waals surface area contributed by atoms with Crippen LogP contribution in [0.1, 0.15) is 10.4 Å². The summed E-state index contributed by atoms with van der Waals surface area (Å²) in [4.78, 5) is 21.0. The van der Waals surface area contributed by atoms with E-state index in [-0.39, 0.29) is 17.0 Å². The zero-order chi connectivity index (χ0) is 10.7. The lowest BCUT2D eigenvalue weighted by atomic mass is 10.2. The molecule has 0 saturated carbocycles. The van der Waals surface area contributed by atoms with Gasteiger partial charge in [0.15, 0.2) is 5.75 Å². The van der Waals surface area contributed by atoms with Crippen molar-refractivity contribution < 1.29 is 14.5 Å². The summed E-state index contributed by atoms with van der Waals surface area (Å²) >= 11 is 2.67. The van der Waals surface area contributed by atoms with Crippen molar-refractivity contribution in [3.63, 3.8) is 0 Å². The van der Waals surface area contributed by atoms with E-state index in [1.807, 2.05) is 0 Å². The van der Waals surface area contributed by atoms with Gasteiger partial charge in [-0.3, -0.25) is 14.9 Å². The maximum Gasteiger partial charge on any atom is 0.322 e. The van der Waals surface area contributed by atoms with Crippen molar-refractivity contribution in [2.75, 3.05) is 7.11 Å². The van der Waals surface area contributed by atoms with E-state index in [1.165, 1.54) is 25.3 Å². The second-order valence-corrected chi connectivity index (χ2v) is 3.11. The minimum absolute atomic E-state index is 0.0191. The van der Waals surface area contributed by atoms with Gasteiger partial charge in [-0.05, 0) is 28.1 Å². The van der Waals surface area contributed by atoms with Crippen molar-refractivity contribution in [2.45, 2.75) is 0 Å². The molecule has 0 aliphatic carbocycles. The number of carbonyl (C=O) groups excluding carboxylic acids is 1. The molecule has 0 aliphatic rings. The molecule has 0 spiro atoms. The predicted molar refractivity (Wildman–Crippen MR) is 52.9 cm³/mol. The standard InChI is InChI=1S/C8H6BrNO4/c1-14-6-4-2-3-5(8(9)11)7(6)10(12)13/h2-4H,1H3. The van der Waals surface area contributed by atoms with Crippen LogP contribution in [0.3, 0.4) is 0 Å². The smallest absolute Gasteiger partial charge is 0.322 e. The fourth-order valence-electron chi connectivity index (χ4n) is 1.03. The van der Waals surface area contributed by atoms with Crippen molar-refractivity contribution in [3.05, 3.63) is 33.9 Å². The summed E-state index contributed by atoms with van der Waals surface area (Å²) in [6.07, 6.45) is 0. The predicted octanol–water partition coefficient (Wildman–Crippen LogP) is 2.14. The minimum Gasteiger partial charge on any atom is -0.490 e. The normalized spacial score (nSPS) is 9.57. The van der Waals surface area contributed by atoms with Gasteiger partial charge in [0, 0.05) is 0 Å². The summed E-state index contributed by atoms with van der Waals surface area (Å²) in [6, 6.07) is 4.30. The van der Waals surface area contributed by atoms with Crippen LogP contribution in [0.15, 0.2) is 18.2 Å². The zero-order valence-corrected chi connectivity index (χ0v) is 8.78. The lowest BCUT2D eigenvalue weighted by Crippen LogP contribution is -2.00. The van der Waals surface area contributed by atoms with Crippen molar-refractivity contribution >= 4 is 26.3 Å². The molecule has 0 fully saturated rings. The first kappa shape index (κ1) is 10.6. The summed E-state index contributed by atoms with van der Waals surface area (Å²) in [7, 11) is 1.31. The first-order valence-corrected chi connectivity index (χ1v) is 4.38. The molecule has 1 rings (SSSR count). The van der Waals surface area contributed by atoms with Crippen LogP contribution in [0.5, 0.6) is 5.75 Å². The highest BCUT2D eigenvalue weighted by molar-refractivity contribution is 9.18. The summed E-state index contributed by atoms with van der Waals surface area (Å²) in [6.45, 7) is 0.